The average molecular weight is 317 g/mol. The number of hydrogen-bond donors (Lipinski definition) is 0. The summed E-state index contributed by atoms with van der Waals surface area (Å²) in [6.45, 7) is 2.04. The highest BCUT2D eigenvalue weighted by Gasteiger charge is 2.20. The third-order valence-electron chi connectivity index (χ3n) is 4.31. The van der Waals surface area contributed by atoms with Gasteiger partial charge >= 0.3 is 0 Å². The van der Waals surface area contributed by atoms with Crippen molar-refractivity contribution in [3.63, 3.8) is 0 Å². The Labute approximate surface area is 141 Å². The zero-order chi connectivity index (χ0) is 16.2. The first-order chi connectivity index (χ1) is 11.9. The summed E-state index contributed by atoms with van der Waals surface area (Å²) in [5, 5.41) is 8.89. The van der Waals surface area contributed by atoms with Gasteiger partial charge in [0, 0.05) is 36.6 Å². The summed E-state index contributed by atoms with van der Waals surface area (Å²) in [5.74, 6) is 1.58. The Morgan fingerprint density at radius 3 is 2.25 bits per heavy atom. The minimum atomic E-state index is 0.651. The van der Waals surface area contributed by atoms with Crippen molar-refractivity contribution in [1.82, 2.24) is 20.2 Å². The van der Waals surface area contributed by atoms with Gasteiger partial charge in [-0.25, -0.2) is 4.98 Å². The van der Waals surface area contributed by atoms with Crippen LogP contribution in [0, 0.1) is 0 Å². The number of pyridine rings is 1. The highest BCUT2D eigenvalue weighted by Crippen LogP contribution is 2.30. The summed E-state index contributed by atoms with van der Waals surface area (Å²) in [7, 11) is 0. The number of anilines is 1. The second-order valence-corrected chi connectivity index (χ2v) is 5.96. The third kappa shape index (κ3) is 2.97. The van der Waals surface area contributed by atoms with Crippen molar-refractivity contribution < 1.29 is 0 Å². The molecule has 0 amide bonds. The van der Waals surface area contributed by atoms with Gasteiger partial charge < -0.3 is 4.90 Å². The van der Waals surface area contributed by atoms with Crippen molar-refractivity contribution in [2.45, 2.75) is 19.3 Å². The van der Waals surface area contributed by atoms with Gasteiger partial charge in [-0.3, -0.25) is 4.98 Å². The SMILES string of the molecule is c1ccc(-c2nnc(-c3ccncc3)nc2N2CCCCC2)cc1. The van der Waals surface area contributed by atoms with Crippen molar-refractivity contribution in [3.8, 4) is 22.6 Å². The van der Waals surface area contributed by atoms with E-state index in [-0.39, 0.29) is 0 Å². The largest absolute Gasteiger partial charge is 0.355 e. The first-order valence-electron chi connectivity index (χ1n) is 8.37. The molecule has 0 bridgehead atoms. The number of piperidine rings is 1. The van der Waals surface area contributed by atoms with Crippen LogP contribution in [0.25, 0.3) is 22.6 Å². The van der Waals surface area contributed by atoms with E-state index in [1.165, 1.54) is 19.3 Å². The molecule has 0 aliphatic carbocycles. The van der Waals surface area contributed by atoms with E-state index in [4.69, 9.17) is 4.98 Å². The fourth-order valence-electron chi connectivity index (χ4n) is 3.05. The minimum absolute atomic E-state index is 0.651. The van der Waals surface area contributed by atoms with E-state index in [0.717, 1.165) is 35.7 Å². The molecule has 2 aromatic heterocycles. The Hall–Kier alpha value is -2.82. The molecule has 1 aliphatic rings. The summed E-state index contributed by atoms with van der Waals surface area (Å²) in [5.41, 5.74) is 2.85. The lowest BCUT2D eigenvalue weighted by Gasteiger charge is -2.29. The first kappa shape index (κ1) is 14.8. The molecule has 1 fully saturated rings. The van der Waals surface area contributed by atoms with Gasteiger partial charge in [-0.15, -0.1) is 10.2 Å². The molecule has 24 heavy (non-hydrogen) atoms. The van der Waals surface area contributed by atoms with Gasteiger partial charge in [0.1, 0.15) is 5.69 Å². The normalized spacial score (nSPS) is 14.6. The Bertz CT molecular complexity index is 799. The lowest BCUT2D eigenvalue weighted by atomic mass is 10.1. The van der Waals surface area contributed by atoms with Gasteiger partial charge in [-0.1, -0.05) is 30.3 Å². The predicted molar refractivity (Wildman–Crippen MR) is 94.6 cm³/mol. The van der Waals surface area contributed by atoms with Crippen molar-refractivity contribution in [2.75, 3.05) is 18.0 Å². The lowest BCUT2D eigenvalue weighted by Crippen LogP contribution is -2.31. The molecule has 5 nitrogen and oxygen atoms in total. The molecule has 0 N–H and O–H groups in total. The Morgan fingerprint density at radius 1 is 0.750 bits per heavy atom. The van der Waals surface area contributed by atoms with Gasteiger partial charge in [-0.05, 0) is 31.4 Å². The molecule has 1 aliphatic heterocycles. The molecule has 120 valence electrons. The first-order valence-corrected chi connectivity index (χ1v) is 8.37. The minimum Gasteiger partial charge on any atom is -0.355 e. The molecule has 0 radical (unpaired) electrons. The molecule has 1 saturated heterocycles. The van der Waals surface area contributed by atoms with E-state index >= 15 is 0 Å². The summed E-state index contributed by atoms with van der Waals surface area (Å²) >= 11 is 0. The number of benzene rings is 1. The predicted octanol–water partition coefficient (Wildman–Crippen LogP) is 3.59. The molecular weight excluding hydrogens is 298 g/mol. The quantitative estimate of drug-likeness (QED) is 0.739. The Morgan fingerprint density at radius 2 is 1.50 bits per heavy atom. The Kier molecular flexibility index (Phi) is 4.14. The van der Waals surface area contributed by atoms with Crippen molar-refractivity contribution in [2.24, 2.45) is 0 Å². The van der Waals surface area contributed by atoms with Crippen LogP contribution in [0.2, 0.25) is 0 Å². The summed E-state index contributed by atoms with van der Waals surface area (Å²) < 4.78 is 0. The van der Waals surface area contributed by atoms with E-state index in [0.29, 0.717) is 5.82 Å². The van der Waals surface area contributed by atoms with Crippen LogP contribution in [0.15, 0.2) is 54.9 Å². The van der Waals surface area contributed by atoms with E-state index in [9.17, 15) is 0 Å². The third-order valence-corrected chi connectivity index (χ3v) is 4.31. The molecule has 0 unspecified atom stereocenters. The summed E-state index contributed by atoms with van der Waals surface area (Å²) in [6.07, 6.45) is 7.19. The van der Waals surface area contributed by atoms with Gasteiger partial charge in [0.05, 0.1) is 0 Å². The van der Waals surface area contributed by atoms with E-state index in [2.05, 4.69) is 32.2 Å². The van der Waals surface area contributed by atoms with Crippen LogP contribution in [-0.2, 0) is 0 Å². The molecular formula is C19H19N5. The molecule has 3 heterocycles. The van der Waals surface area contributed by atoms with Crippen LogP contribution in [0.1, 0.15) is 19.3 Å². The van der Waals surface area contributed by atoms with E-state index < -0.39 is 0 Å². The van der Waals surface area contributed by atoms with Crippen molar-refractivity contribution in [1.29, 1.82) is 0 Å². The number of rotatable bonds is 3. The van der Waals surface area contributed by atoms with Crippen LogP contribution in [0.5, 0.6) is 0 Å². The maximum Gasteiger partial charge on any atom is 0.183 e. The standard InChI is InChI=1S/C19H19N5/c1-3-7-15(8-4-1)17-19(24-13-5-2-6-14-24)21-18(23-22-17)16-9-11-20-12-10-16/h1,3-4,7-12H,2,5-6,13-14H2. The zero-order valence-corrected chi connectivity index (χ0v) is 13.5. The second-order valence-electron chi connectivity index (χ2n) is 5.96. The highest BCUT2D eigenvalue weighted by molar-refractivity contribution is 5.73. The van der Waals surface area contributed by atoms with Crippen LogP contribution >= 0.6 is 0 Å². The number of hydrogen-bond acceptors (Lipinski definition) is 5. The molecule has 0 atom stereocenters. The lowest BCUT2D eigenvalue weighted by molar-refractivity contribution is 0.572. The molecule has 4 rings (SSSR count). The van der Waals surface area contributed by atoms with Crippen LogP contribution in [0.3, 0.4) is 0 Å². The fraction of sp³-hybridized carbons (Fsp3) is 0.263. The molecule has 3 aromatic rings. The smallest absolute Gasteiger partial charge is 0.183 e. The number of nitrogens with zero attached hydrogens (tertiary/aromatic N) is 5. The topological polar surface area (TPSA) is 54.8 Å². The zero-order valence-electron chi connectivity index (χ0n) is 13.5. The maximum atomic E-state index is 4.87. The van der Waals surface area contributed by atoms with Crippen LogP contribution < -0.4 is 4.90 Å². The van der Waals surface area contributed by atoms with Gasteiger partial charge in [-0.2, -0.15) is 0 Å². The van der Waals surface area contributed by atoms with Crippen molar-refractivity contribution >= 4 is 5.82 Å². The molecule has 5 heteroatoms. The summed E-state index contributed by atoms with van der Waals surface area (Å²) in [6, 6.07) is 14.0. The highest BCUT2D eigenvalue weighted by atomic mass is 15.3. The van der Waals surface area contributed by atoms with Gasteiger partial charge in [0.25, 0.3) is 0 Å². The van der Waals surface area contributed by atoms with Crippen LogP contribution in [-0.4, -0.2) is 33.3 Å². The van der Waals surface area contributed by atoms with Crippen molar-refractivity contribution in [3.05, 3.63) is 54.9 Å². The average Bonchev–Trinajstić information content (AvgIpc) is 2.69. The number of aromatic nitrogens is 4. The summed E-state index contributed by atoms with van der Waals surface area (Å²) in [4.78, 5) is 11.3. The van der Waals surface area contributed by atoms with Gasteiger partial charge in [0.2, 0.25) is 0 Å². The van der Waals surface area contributed by atoms with Crippen LogP contribution in [0.4, 0.5) is 5.82 Å². The molecule has 0 spiro atoms. The Balaban J connectivity index is 1.81. The molecule has 0 saturated carbocycles. The molecule has 1 aromatic carbocycles. The monoisotopic (exact) mass is 317 g/mol. The fourth-order valence-corrected chi connectivity index (χ4v) is 3.05. The van der Waals surface area contributed by atoms with E-state index in [1.54, 1.807) is 12.4 Å². The maximum absolute atomic E-state index is 4.87. The second kappa shape index (κ2) is 6.74. The van der Waals surface area contributed by atoms with Gasteiger partial charge in [0.15, 0.2) is 11.6 Å². The van der Waals surface area contributed by atoms with E-state index in [1.807, 2.05) is 30.3 Å².